The Balaban J connectivity index is 1.67. The molecule has 0 spiro atoms. The molecule has 1 N–H and O–H groups in total. The van der Waals surface area contributed by atoms with E-state index in [4.69, 9.17) is 0 Å². The van der Waals surface area contributed by atoms with Gasteiger partial charge in [-0.15, -0.1) is 16.4 Å². The largest absolute Gasteiger partial charge is 0.362 e. The van der Waals surface area contributed by atoms with Crippen LogP contribution in [0.25, 0.3) is 15.9 Å². The van der Waals surface area contributed by atoms with Gasteiger partial charge in [0.15, 0.2) is 5.65 Å². The first-order valence-corrected chi connectivity index (χ1v) is 11.7. The van der Waals surface area contributed by atoms with Gasteiger partial charge in [0.1, 0.15) is 5.82 Å². The lowest BCUT2D eigenvalue weighted by atomic mass is 10.1. The maximum absolute atomic E-state index is 13.2. The predicted octanol–water partition coefficient (Wildman–Crippen LogP) is 4.34. The fourth-order valence-corrected chi connectivity index (χ4v) is 5.42. The van der Waals surface area contributed by atoms with Gasteiger partial charge >= 0.3 is 0 Å². The van der Waals surface area contributed by atoms with Crippen LogP contribution in [-0.4, -0.2) is 28.2 Å². The summed E-state index contributed by atoms with van der Waals surface area (Å²) in [4.78, 5) is 4.81. The number of thiophene rings is 1. The summed E-state index contributed by atoms with van der Waals surface area (Å²) in [5.74, 6) is 0.607. The lowest BCUT2D eigenvalue weighted by Crippen LogP contribution is -2.10. The highest BCUT2D eigenvalue weighted by Gasteiger charge is 2.27. The summed E-state index contributed by atoms with van der Waals surface area (Å²) in [5.41, 5.74) is 2.06. The van der Waals surface area contributed by atoms with Gasteiger partial charge in [-0.1, -0.05) is 53.7 Å². The van der Waals surface area contributed by atoms with E-state index in [2.05, 4.69) is 20.6 Å². The number of rotatable bonds is 5. The number of benzene rings is 2. The van der Waals surface area contributed by atoms with Gasteiger partial charge in [-0.3, -0.25) is 0 Å². The van der Waals surface area contributed by atoms with Gasteiger partial charge in [0.05, 0.1) is 15.1 Å². The van der Waals surface area contributed by atoms with Crippen LogP contribution < -0.4 is 5.32 Å². The molecular formula is C21H17N5O2S2. The minimum atomic E-state index is -3.85. The fraction of sp³-hybridized carbons (Fsp3) is 0.0952. The standard InChI is InChI=1S/C21H17N5O2S2/c1-14(15-8-4-2-5-9-15)22-19-18-17(12-13-29-18)26-20(23-19)21(24-25-26)30(27,28)16-10-6-3-7-11-16/h2-14H,1H3,(H,22,23). The molecule has 0 saturated heterocycles. The van der Waals surface area contributed by atoms with Gasteiger partial charge in [-0.2, -0.15) is 4.52 Å². The summed E-state index contributed by atoms with van der Waals surface area (Å²) in [6.07, 6.45) is 0. The number of hydrogen-bond donors (Lipinski definition) is 1. The van der Waals surface area contributed by atoms with Gasteiger partial charge in [-0.05, 0) is 36.1 Å². The van der Waals surface area contributed by atoms with Crippen molar-refractivity contribution < 1.29 is 8.42 Å². The van der Waals surface area contributed by atoms with Crippen LogP contribution in [0.15, 0.2) is 82.0 Å². The molecule has 0 bridgehead atoms. The monoisotopic (exact) mass is 435 g/mol. The molecule has 1 unspecified atom stereocenters. The Hall–Kier alpha value is -3.30. The van der Waals surface area contributed by atoms with E-state index in [9.17, 15) is 8.42 Å². The lowest BCUT2D eigenvalue weighted by Gasteiger charge is -2.15. The van der Waals surface area contributed by atoms with Crippen molar-refractivity contribution in [3.63, 3.8) is 0 Å². The molecule has 0 amide bonds. The van der Waals surface area contributed by atoms with Crippen LogP contribution >= 0.6 is 11.3 Å². The molecule has 0 aliphatic rings. The Morgan fingerprint density at radius 3 is 2.43 bits per heavy atom. The molecule has 0 aliphatic carbocycles. The molecular weight excluding hydrogens is 418 g/mol. The SMILES string of the molecule is CC(Nc1nc2c(S(=O)(=O)c3ccccc3)nnn2c2ccsc12)c1ccccc1. The number of nitrogens with one attached hydrogen (secondary N) is 1. The van der Waals surface area contributed by atoms with Gasteiger partial charge in [0.25, 0.3) is 0 Å². The highest BCUT2D eigenvalue weighted by Crippen LogP contribution is 2.32. The molecule has 0 fully saturated rings. The summed E-state index contributed by atoms with van der Waals surface area (Å²) >= 11 is 1.52. The highest BCUT2D eigenvalue weighted by molar-refractivity contribution is 7.91. The third-order valence-corrected chi connectivity index (χ3v) is 7.46. The molecule has 1 atom stereocenters. The van der Waals surface area contributed by atoms with Gasteiger partial charge < -0.3 is 5.32 Å². The Morgan fingerprint density at radius 1 is 1.00 bits per heavy atom. The van der Waals surface area contributed by atoms with E-state index in [1.807, 2.05) is 48.7 Å². The molecule has 7 nitrogen and oxygen atoms in total. The van der Waals surface area contributed by atoms with E-state index in [1.54, 1.807) is 30.3 Å². The molecule has 150 valence electrons. The van der Waals surface area contributed by atoms with Crippen molar-refractivity contribution in [2.75, 3.05) is 5.32 Å². The second kappa shape index (κ2) is 7.19. The van der Waals surface area contributed by atoms with Crippen LogP contribution in [0, 0.1) is 0 Å². The summed E-state index contributed by atoms with van der Waals surface area (Å²) in [5, 5.41) is 13.3. The molecule has 3 heterocycles. The predicted molar refractivity (Wildman–Crippen MR) is 117 cm³/mol. The average Bonchev–Trinajstić information content (AvgIpc) is 3.42. The van der Waals surface area contributed by atoms with Crippen LogP contribution in [0.4, 0.5) is 5.82 Å². The minimum Gasteiger partial charge on any atom is -0.362 e. The van der Waals surface area contributed by atoms with Crippen LogP contribution in [-0.2, 0) is 9.84 Å². The van der Waals surface area contributed by atoms with Crippen LogP contribution in [0.5, 0.6) is 0 Å². The van der Waals surface area contributed by atoms with E-state index in [-0.39, 0.29) is 21.6 Å². The van der Waals surface area contributed by atoms with Crippen molar-refractivity contribution in [2.24, 2.45) is 0 Å². The first-order valence-electron chi connectivity index (χ1n) is 9.30. The molecule has 0 aliphatic heterocycles. The van der Waals surface area contributed by atoms with E-state index in [0.29, 0.717) is 5.82 Å². The quantitative estimate of drug-likeness (QED) is 0.442. The molecule has 2 aromatic carbocycles. The molecule has 9 heteroatoms. The zero-order valence-electron chi connectivity index (χ0n) is 15.9. The summed E-state index contributed by atoms with van der Waals surface area (Å²) in [6.45, 7) is 2.04. The smallest absolute Gasteiger partial charge is 0.229 e. The van der Waals surface area contributed by atoms with Gasteiger partial charge in [0, 0.05) is 6.04 Å². The van der Waals surface area contributed by atoms with E-state index < -0.39 is 9.84 Å². The highest BCUT2D eigenvalue weighted by atomic mass is 32.2. The normalized spacial score (nSPS) is 13.0. The maximum Gasteiger partial charge on any atom is 0.229 e. The average molecular weight is 436 g/mol. The van der Waals surface area contributed by atoms with Gasteiger partial charge in [-0.25, -0.2) is 13.4 Å². The second-order valence-electron chi connectivity index (χ2n) is 6.82. The topological polar surface area (TPSA) is 89.2 Å². The number of anilines is 1. The van der Waals surface area contributed by atoms with Crippen molar-refractivity contribution in [2.45, 2.75) is 22.9 Å². The second-order valence-corrected chi connectivity index (χ2v) is 9.60. The van der Waals surface area contributed by atoms with Crippen molar-refractivity contribution >= 4 is 42.9 Å². The number of nitrogens with zero attached hydrogens (tertiary/aromatic N) is 4. The molecule has 3 aromatic heterocycles. The fourth-order valence-electron chi connectivity index (χ4n) is 3.34. The van der Waals surface area contributed by atoms with Crippen LogP contribution in [0.2, 0.25) is 0 Å². The Morgan fingerprint density at radius 2 is 1.70 bits per heavy atom. The van der Waals surface area contributed by atoms with Crippen molar-refractivity contribution in [1.29, 1.82) is 0 Å². The van der Waals surface area contributed by atoms with E-state index >= 15 is 0 Å². The van der Waals surface area contributed by atoms with Crippen LogP contribution in [0.1, 0.15) is 18.5 Å². The van der Waals surface area contributed by atoms with Crippen molar-refractivity contribution in [3.8, 4) is 0 Å². The Labute approximate surface area is 176 Å². The van der Waals surface area contributed by atoms with Crippen molar-refractivity contribution in [1.82, 2.24) is 19.8 Å². The molecule has 30 heavy (non-hydrogen) atoms. The first-order chi connectivity index (χ1) is 14.6. The molecule has 0 radical (unpaired) electrons. The number of hydrogen-bond acceptors (Lipinski definition) is 7. The number of aromatic nitrogens is 4. The third-order valence-electron chi connectivity index (χ3n) is 4.88. The third kappa shape index (κ3) is 3.03. The zero-order chi connectivity index (χ0) is 20.7. The van der Waals surface area contributed by atoms with Gasteiger partial charge in [0.2, 0.25) is 14.9 Å². The summed E-state index contributed by atoms with van der Waals surface area (Å²) < 4.78 is 28.7. The first kappa shape index (κ1) is 18.7. The molecule has 5 rings (SSSR count). The Bertz CT molecular complexity index is 1440. The minimum absolute atomic E-state index is 0.0171. The molecule has 0 saturated carbocycles. The Kier molecular flexibility index (Phi) is 4.48. The number of fused-ring (bicyclic) bond motifs is 3. The zero-order valence-corrected chi connectivity index (χ0v) is 17.6. The molecule has 5 aromatic rings. The van der Waals surface area contributed by atoms with Crippen LogP contribution in [0.3, 0.4) is 0 Å². The lowest BCUT2D eigenvalue weighted by molar-refractivity contribution is 0.592. The van der Waals surface area contributed by atoms with E-state index in [1.165, 1.54) is 15.9 Å². The van der Waals surface area contributed by atoms with E-state index in [0.717, 1.165) is 15.8 Å². The number of sulfone groups is 1. The maximum atomic E-state index is 13.2. The summed E-state index contributed by atoms with van der Waals surface area (Å²) in [6, 6.07) is 20.1. The van der Waals surface area contributed by atoms with Crippen molar-refractivity contribution in [3.05, 3.63) is 77.7 Å². The summed E-state index contributed by atoms with van der Waals surface area (Å²) in [7, 11) is -3.85.